The number of rotatable bonds is 1. The quantitative estimate of drug-likeness (QED) is 0.765. The first-order valence-electron chi connectivity index (χ1n) is 5.32. The summed E-state index contributed by atoms with van der Waals surface area (Å²) in [7, 11) is 0. The van der Waals surface area contributed by atoms with E-state index < -0.39 is 0 Å². The Kier molecular flexibility index (Phi) is 2.41. The first-order chi connectivity index (χ1) is 7.86. The van der Waals surface area contributed by atoms with Crippen LogP contribution in [0.25, 0.3) is 10.1 Å². The van der Waals surface area contributed by atoms with Crippen molar-refractivity contribution in [2.24, 2.45) is 0 Å². The van der Waals surface area contributed by atoms with Gasteiger partial charge in [0.1, 0.15) is 0 Å². The van der Waals surface area contributed by atoms with Crippen molar-refractivity contribution in [3.63, 3.8) is 0 Å². The molecule has 1 fully saturated rings. The molecule has 3 rings (SSSR count). The first kappa shape index (κ1) is 9.86. The molecule has 5 heteroatoms. The van der Waals surface area contributed by atoms with Gasteiger partial charge in [-0.2, -0.15) is 4.37 Å². The Morgan fingerprint density at radius 2 is 2.12 bits per heavy atom. The van der Waals surface area contributed by atoms with Gasteiger partial charge in [0.25, 0.3) is 0 Å². The lowest BCUT2D eigenvalue weighted by atomic mass is 10.2. The molecule has 0 saturated carbocycles. The zero-order valence-electron chi connectivity index (χ0n) is 8.85. The second-order valence-electron chi connectivity index (χ2n) is 3.84. The second-order valence-corrected chi connectivity index (χ2v) is 4.64. The summed E-state index contributed by atoms with van der Waals surface area (Å²) in [6, 6.07) is 4.04. The number of ether oxygens (including phenoxy) is 1. The third-order valence-corrected chi connectivity index (χ3v) is 3.73. The standard InChI is InChI=1S/C11H13N3OS/c12-9-1-2-10(8-7-13-16-11(8)9)14-3-5-15-6-4-14/h1-2,7H,3-6,12H2. The van der Waals surface area contributed by atoms with Gasteiger partial charge in [-0.25, -0.2) is 0 Å². The fourth-order valence-corrected chi connectivity index (χ4v) is 2.74. The summed E-state index contributed by atoms with van der Waals surface area (Å²) >= 11 is 1.46. The van der Waals surface area contributed by atoms with Gasteiger partial charge in [-0.05, 0) is 23.7 Å². The van der Waals surface area contributed by atoms with E-state index in [1.807, 2.05) is 12.3 Å². The third-order valence-electron chi connectivity index (χ3n) is 2.88. The molecule has 2 heterocycles. The molecular formula is C11H13N3OS. The van der Waals surface area contributed by atoms with Crippen molar-refractivity contribution < 1.29 is 4.74 Å². The summed E-state index contributed by atoms with van der Waals surface area (Å²) in [5.41, 5.74) is 7.96. The van der Waals surface area contributed by atoms with Crippen molar-refractivity contribution in [3.05, 3.63) is 18.3 Å². The first-order valence-corrected chi connectivity index (χ1v) is 6.09. The number of nitrogens with two attached hydrogens (primary N) is 1. The summed E-state index contributed by atoms with van der Waals surface area (Å²) in [6.07, 6.45) is 1.90. The zero-order valence-corrected chi connectivity index (χ0v) is 9.67. The molecule has 16 heavy (non-hydrogen) atoms. The minimum Gasteiger partial charge on any atom is -0.398 e. The number of aromatic nitrogens is 1. The molecule has 1 aliphatic heterocycles. The van der Waals surface area contributed by atoms with E-state index >= 15 is 0 Å². The molecule has 0 amide bonds. The number of nitrogen functional groups attached to an aromatic ring is 1. The predicted octanol–water partition coefficient (Wildman–Crippen LogP) is 1.72. The van der Waals surface area contributed by atoms with E-state index in [1.165, 1.54) is 17.2 Å². The van der Waals surface area contributed by atoms with Gasteiger partial charge >= 0.3 is 0 Å². The molecule has 0 radical (unpaired) electrons. The van der Waals surface area contributed by atoms with Gasteiger partial charge in [0.15, 0.2) is 0 Å². The average Bonchev–Trinajstić information content (AvgIpc) is 2.81. The molecule has 0 unspecified atom stereocenters. The normalized spacial score (nSPS) is 16.9. The highest BCUT2D eigenvalue weighted by molar-refractivity contribution is 7.14. The van der Waals surface area contributed by atoms with Crippen LogP contribution in [0.15, 0.2) is 18.3 Å². The van der Waals surface area contributed by atoms with E-state index in [0.29, 0.717) is 0 Å². The minimum atomic E-state index is 0.795. The molecule has 84 valence electrons. The molecule has 0 aliphatic carbocycles. The number of nitrogens with zero attached hydrogens (tertiary/aromatic N) is 2. The van der Waals surface area contributed by atoms with Crippen LogP contribution >= 0.6 is 11.5 Å². The van der Waals surface area contributed by atoms with Crippen LogP contribution in [0.2, 0.25) is 0 Å². The fourth-order valence-electron chi connectivity index (χ4n) is 2.04. The van der Waals surface area contributed by atoms with Crippen LogP contribution in [-0.4, -0.2) is 30.7 Å². The molecule has 0 atom stereocenters. The summed E-state index contributed by atoms with van der Waals surface area (Å²) in [5, 5.41) is 1.16. The van der Waals surface area contributed by atoms with Crippen molar-refractivity contribution in [2.75, 3.05) is 36.9 Å². The minimum absolute atomic E-state index is 0.795. The molecule has 1 saturated heterocycles. The van der Waals surface area contributed by atoms with Crippen LogP contribution in [0.5, 0.6) is 0 Å². The lowest BCUT2D eigenvalue weighted by Crippen LogP contribution is -2.36. The summed E-state index contributed by atoms with van der Waals surface area (Å²) in [6.45, 7) is 3.47. The Bertz CT molecular complexity index is 505. The smallest absolute Gasteiger partial charge is 0.0800 e. The third kappa shape index (κ3) is 1.52. The number of hydrogen-bond donors (Lipinski definition) is 1. The maximum Gasteiger partial charge on any atom is 0.0800 e. The van der Waals surface area contributed by atoms with Gasteiger partial charge < -0.3 is 15.4 Å². The highest BCUT2D eigenvalue weighted by atomic mass is 32.1. The van der Waals surface area contributed by atoms with Crippen LogP contribution in [0, 0.1) is 0 Å². The Balaban J connectivity index is 2.08. The number of hydrogen-bond acceptors (Lipinski definition) is 5. The van der Waals surface area contributed by atoms with Crippen LogP contribution in [0.1, 0.15) is 0 Å². The molecule has 1 aliphatic rings. The fraction of sp³-hybridized carbons (Fsp3) is 0.364. The lowest BCUT2D eigenvalue weighted by Gasteiger charge is -2.29. The summed E-state index contributed by atoms with van der Waals surface area (Å²) in [4.78, 5) is 2.33. The molecule has 1 aromatic heterocycles. The van der Waals surface area contributed by atoms with Crippen molar-refractivity contribution in [3.8, 4) is 0 Å². The zero-order chi connectivity index (χ0) is 11.0. The van der Waals surface area contributed by atoms with Crippen molar-refractivity contribution in [2.45, 2.75) is 0 Å². The second kappa shape index (κ2) is 3.92. The van der Waals surface area contributed by atoms with E-state index in [2.05, 4.69) is 15.3 Å². The van der Waals surface area contributed by atoms with Crippen molar-refractivity contribution in [1.82, 2.24) is 4.37 Å². The van der Waals surface area contributed by atoms with E-state index in [9.17, 15) is 0 Å². The molecule has 4 nitrogen and oxygen atoms in total. The molecule has 0 spiro atoms. The maximum absolute atomic E-state index is 5.93. The lowest BCUT2D eigenvalue weighted by molar-refractivity contribution is 0.123. The average molecular weight is 235 g/mol. The van der Waals surface area contributed by atoms with Gasteiger partial charge in [0.2, 0.25) is 0 Å². The predicted molar refractivity (Wildman–Crippen MR) is 67.1 cm³/mol. The number of morpholine rings is 1. The number of benzene rings is 1. The Morgan fingerprint density at radius 3 is 2.94 bits per heavy atom. The highest BCUT2D eigenvalue weighted by Crippen LogP contribution is 2.33. The van der Waals surface area contributed by atoms with E-state index in [4.69, 9.17) is 10.5 Å². The summed E-state index contributed by atoms with van der Waals surface area (Å²) in [5.74, 6) is 0. The largest absolute Gasteiger partial charge is 0.398 e. The van der Waals surface area contributed by atoms with E-state index in [0.717, 1.165) is 42.1 Å². The van der Waals surface area contributed by atoms with E-state index in [1.54, 1.807) is 0 Å². The number of fused-ring (bicyclic) bond motifs is 1. The van der Waals surface area contributed by atoms with Crippen LogP contribution in [0.4, 0.5) is 11.4 Å². The van der Waals surface area contributed by atoms with Gasteiger partial charge in [-0.1, -0.05) is 0 Å². The Morgan fingerprint density at radius 1 is 1.31 bits per heavy atom. The SMILES string of the molecule is Nc1ccc(N2CCOCC2)c2cnsc12. The Hall–Kier alpha value is -1.33. The highest BCUT2D eigenvalue weighted by Gasteiger charge is 2.15. The van der Waals surface area contributed by atoms with Gasteiger partial charge in [0, 0.05) is 24.2 Å². The summed E-state index contributed by atoms with van der Waals surface area (Å²) < 4.78 is 10.7. The Labute approximate surface area is 97.8 Å². The van der Waals surface area contributed by atoms with E-state index in [-0.39, 0.29) is 0 Å². The molecule has 0 bridgehead atoms. The van der Waals surface area contributed by atoms with Crippen LogP contribution in [-0.2, 0) is 4.74 Å². The number of anilines is 2. The van der Waals surface area contributed by atoms with Gasteiger partial charge in [0.05, 0.1) is 29.8 Å². The maximum atomic E-state index is 5.93. The topological polar surface area (TPSA) is 51.4 Å². The van der Waals surface area contributed by atoms with Crippen molar-refractivity contribution >= 4 is 33.0 Å². The monoisotopic (exact) mass is 235 g/mol. The molecule has 2 N–H and O–H groups in total. The molecular weight excluding hydrogens is 222 g/mol. The molecule has 2 aromatic rings. The van der Waals surface area contributed by atoms with Gasteiger partial charge in [-0.15, -0.1) is 0 Å². The van der Waals surface area contributed by atoms with Crippen LogP contribution < -0.4 is 10.6 Å². The van der Waals surface area contributed by atoms with Gasteiger partial charge in [-0.3, -0.25) is 0 Å². The molecule has 1 aromatic carbocycles. The van der Waals surface area contributed by atoms with Crippen LogP contribution in [0.3, 0.4) is 0 Å². The van der Waals surface area contributed by atoms with Crippen molar-refractivity contribution in [1.29, 1.82) is 0 Å².